The summed E-state index contributed by atoms with van der Waals surface area (Å²) in [4.78, 5) is 0. The zero-order valence-electron chi connectivity index (χ0n) is 11.5. The topological polar surface area (TPSA) is 24.1 Å². The summed E-state index contributed by atoms with van der Waals surface area (Å²) < 4.78 is 0. The van der Waals surface area contributed by atoms with Crippen molar-refractivity contribution in [2.75, 3.05) is 20.1 Å². The first-order valence-electron chi connectivity index (χ1n) is 7.23. The number of hydrogen-bond acceptors (Lipinski definition) is 2. The highest BCUT2D eigenvalue weighted by molar-refractivity contribution is 5.83. The summed E-state index contributed by atoms with van der Waals surface area (Å²) in [6, 6.07) is 15.9. The summed E-state index contributed by atoms with van der Waals surface area (Å²) >= 11 is 0. The Labute approximate surface area is 115 Å². The second kappa shape index (κ2) is 5.72. The van der Waals surface area contributed by atoms with Crippen LogP contribution in [-0.2, 0) is 0 Å². The number of hydrogen-bond donors (Lipinski definition) is 2. The van der Waals surface area contributed by atoms with Crippen molar-refractivity contribution in [2.45, 2.75) is 18.9 Å². The maximum absolute atomic E-state index is 3.48. The van der Waals surface area contributed by atoms with Crippen molar-refractivity contribution in [2.24, 2.45) is 5.92 Å². The lowest BCUT2D eigenvalue weighted by Crippen LogP contribution is -2.21. The Balaban J connectivity index is 1.83. The number of nitrogens with one attached hydrogen (secondary N) is 2. The molecule has 0 aliphatic carbocycles. The Kier molecular flexibility index (Phi) is 3.81. The highest BCUT2D eigenvalue weighted by Gasteiger charge is 2.20. The molecule has 1 aliphatic rings. The lowest BCUT2D eigenvalue weighted by atomic mass is 9.93. The normalized spacial score (nSPS) is 20.8. The molecule has 100 valence electrons. The molecule has 2 atom stereocenters. The molecular formula is C17H22N2. The molecule has 2 heteroatoms. The molecule has 2 aromatic carbocycles. The van der Waals surface area contributed by atoms with E-state index in [4.69, 9.17) is 0 Å². The van der Waals surface area contributed by atoms with E-state index in [2.05, 4.69) is 60.1 Å². The van der Waals surface area contributed by atoms with Crippen LogP contribution in [0, 0.1) is 5.92 Å². The van der Waals surface area contributed by atoms with E-state index in [1.165, 1.54) is 42.3 Å². The second-order valence-electron chi connectivity index (χ2n) is 5.54. The minimum Gasteiger partial charge on any atom is -0.316 e. The van der Waals surface area contributed by atoms with Gasteiger partial charge in [-0.3, -0.25) is 0 Å². The number of benzene rings is 2. The molecule has 0 radical (unpaired) electrons. The Morgan fingerprint density at radius 1 is 1.21 bits per heavy atom. The van der Waals surface area contributed by atoms with Gasteiger partial charge in [0, 0.05) is 6.04 Å². The lowest BCUT2D eigenvalue weighted by Gasteiger charge is -2.20. The summed E-state index contributed by atoms with van der Waals surface area (Å²) in [5.41, 5.74) is 1.41. The van der Waals surface area contributed by atoms with Gasteiger partial charge in [0.1, 0.15) is 0 Å². The predicted octanol–water partition coefficient (Wildman–Crippen LogP) is 3.10. The van der Waals surface area contributed by atoms with Crippen molar-refractivity contribution in [3.63, 3.8) is 0 Å². The fourth-order valence-corrected chi connectivity index (χ4v) is 3.09. The molecule has 1 heterocycles. The molecule has 1 aliphatic heterocycles. The van der Waals surface area contributed by atoms with Crippen molar-refractivity contribution in [3.05, 3.63) is 48.0 Å². The molecule has 2 nitrogen and oxygen atoms in total. The van der Waals surface area contributed by atoms with Crippen LogP contribution in [0.15, 0.2) is 42.5 Å². The van der Waals surface area contributed by atoms with E-state index in [9.17, 15) is 0 Å². The first kappa shape index (κ1) is 12.6. The smallest absolute Gasteiger partial charge is 0.0320 e. The summed E-state index contributed by atoms with van der Waals surface area (Å²) in [7, 11) is 2.07. The van der Waals surface area contributed by atoms with Crippen molar-refractivity contribution in [1.29, 1.82) is 0 Å². The van der Waals surface area contributed by atoms with Gasteiger partial charge in [-0.15, -0.1) is 0 Å². The zero-order chi connectivity index (χ0) is 13.1. The monoisotopic (exact) mass is 254 g/mol. The van der Waals surface area contributed by atoms with Crippen molar-refractivity contribution >= 4 is 10.8 Å². The van der Waals surface area contributed by atoms with E-state index in [0.29, 0.717) is 6.04 Å². The van der Waals surface area contributed by atoms with Crippen molar-refractivity contribution in [1.82, 2.24) is 10.6 Å². The molecule has 0 aromatic heterocycles. The third-order valence-electron chi connectivity index (χ3n) is 4.26. The SMILES string of the molecule is CNC(CC1CCNC1)c1ccc2ccccc2c1. The van der Waals surface area contributed by atoms with Gasteiger partial charge in [-0.2, -0.15) is 0 Å². The van der Waals surface area contributed by atoms with Crippen LogP contribution in [0.2, 0.25) is 0 Å². The standard InChI is InChI=1S/C17H22N2/c1-18-17(10-13-8-9-19-12-13)16-7-6-14-4-2-3-5-15(14)11-16/h2-7,11,13,17-19H,8-10,12H2,1H3. The minimum absolute atomic E-state index is 0.467. The van der Waals surface area contributed by atoms with Gasteiger partial charge in [-0.1, -0.05) is 36.4 Å². The Bertz CT molecular complexity index is 544. The van der Waals surface area contributed by atoms with Gasteiger partial charge in [0.2, 0.25) is 0 Å². The van der Waals surface area contributed by atoms with Crippen LogP contribution in [0.3, 0.4) is 0 Å². The second-order valence-corrected chi connectivity index (χ2v) is 5.54. The predicted molar refractivity (Wildman–Crippen MR) is 81.3 cm³/mol. The van der Waals surface area contributed by atoms with Gasteiger partial charge in [0.15, 0.2) is 0 Å². The molecule has 0 amide bonds. The first-order chi connectivity index (χ1) is 9.36. The summed E-state index contributed by atoms with van der Waals surface area (Å²) in [5.74, 6) is 0.809. The molecule has 1 saturated heterocycles. The average molecular weight is 254 g/mol. The van der Waals surface area contributed by atoms with Gasteiger partial charge >= 0.3 is 0 Å². The molecule has 1 fully saturated rings. The van der Waals surface area contributed by atoms with Crippen LogP contribution in [0.25, 0.3) is 10.8 Å². The third-order valence-corrected chi connectivity index (χ3v) is 4.26. The zero-order valence-corrected chi connectivity index (χ0v) is 11.5. The van der Waals surface area contributed by atoms with Crippen LogP contribution in [0.5, 0.6) is 0 Å². The van der Waals surface area contributed by atoms with Crippen LogP contribution < -0.4 is 10.6 Å². The highest BCUT2D eigenvalue weighted by atomic mass is 14.9. The molecule has 3 rings (SSSR count). The number of fused-ring (bicyclic) bond motifs is 1. The van der Waals surface area contributed by atoms with E-state index in [0.717, 1.165) is 5.92 Å². The Hall–Kier alpha value is -1.38. The molecule has 0 saturated carbocycles. The third kappa shape index (κ3) is 2.80. The van der Waals surface area contributed by atoms with Gasteiger partial charge in [-0.25, -0.2) is 0 Å². The summed E-state index contributed by atoms with van der Waals surface area (Å²) in [6.07, 6.45) is 2.54. The molecule has 0 spiro atoms. The van der Waals surface area contributed by atoms with Gasteiger partial charge in [0.05, 0.1) is 0 Å². The van der Waals surface area contributed by atoms with E-state index >= 15 is 0 Å². The van der Waals surface area contributed by atoms with E-state index in [1.54, 1.807) is 0 Å². The molecule has 2 aromatic rings. The first-order valence-corrected chi connectivity index (χ1v) is 7.23. The largest absolute Gasteiger partial charge is 0.316 e. The van der Waals surface area contributed by atoms with E-state index in [-0.39, 0.29) is 0 Å². The average Bonchev–Trinajstić information content (AvgIpc) is 2.97. The minimum atomic E-state index is 0.467. The van der Waals surface area contributed by atoms with Crippen LogP contribution in [0.4, 0.5) is 0 Å². The van der Waals surface area contributed by atoms with Crippen LogP contribution >= 0.6 is 0 Å². The molecular weight excluding hydrogens is 232 g/mol. The number of rotatable bonds is 4. The van der Waals surface area contributed by atoms with Gasteiger partial charge in [-0.05, 0) is 61.3 Å². The van der Waals surface area contributed by atoms with Crippen molar-refractivity contribution < 1.29 is 0 Å². The van der Waals surface area contributed by atoms with Gasteiger partial charge < -0.3 is 10.6 Å². The summed E-state index contributed by atoms with van der Waals surface area (Å²) in [6.45, 7) is 2.35. The molecule has 2 N–H and O–H groups in total. The maximum atomic E-state index is 3.48. The van der Waals surface area contributed by atoms with E-state index < -0.39 is 0 Å². The molecule has 19 heavy (non-hydrogen) atoms. The Morgan fingerprint density at radius 3 is 2.79 bits per heavy atom. The summed E-state index contributed by atoms with van der Waals surface area (Å²) in [5, 5.41) is 9.60. The van der Waals surface area contributed by atoms with Gasteiger partial charge in [0.25, 0.3) is 0 Å². The van der Waals surface area contributed by atoms with Crippen LogP contribution in [-0.4, -0.2) is 20.1 Å². The molecule has 2 unspecified atom stereocenters. The fourth-order valence-electron chi connectivity index (χ4n) is 3.09. The van der Waals surface area contributed by atoms with Crippen molar-refractivity contribution in [3.8, 4) is 0 Å². The van der Waals surface area contributed by atoms with E-state index in [1.807, 2.05) is 0 Å². The quantitative estimate of drug-likeness (QED) is 0.876. The van der Waals surface area contributed by atoms with Crippen LogP contribution in [0.1, 0.15) is 24.4 Å². The fraction of sp³-hybridized carbons (Fsp3) is 0.412. The molecule has 0 bridgehead atoms. The highest BCUT2D eigenvalue weighted by Crippen LogP contribution is 2.27. The lowest BCUT2D eigenvalue weighted by molar-refractivity contribution is 0.430. The Morgan fingerprint density at radius 2 is 2.05 bits per heavy atom. The maximum Gasteiger partial charge on any atom is 0.0320 e.